The molecular weight excluding hydrogens is 254 g/mol. The summed E-state index contributed by atoms with van der Waals surface area (Å²) in [6.07, 6.45) is 3.57. The van der Waals surface area contributed by atoms with E-state index in [4.69, 9.17) is 0 Å². The number of pyridine rings is 1. The maximum atomic E-state index is 4.30. The number of hydrogen-bond acceptors (Lipinski definition) is 2. The van der Waals surface area contributed by atoms with Crippen LogP contribution in [-0.2, 0) is 0 Å². The third kappa shape index (κ3) is 2.09. The molecule has 0 spiro atoms. The predicted octanol–water partition coefficient (Wildman–Crippen LogP) is 3.15. The van der Waals surface area contributed by atoms with Gasteiger partial charge in [0.15, 0.2) is 5.82 Å². The van der Waals surface area contributed by atoms with E-state index in [-0.39, 0.29) is 0 Å². The Balaban J connectivity index is 2.49. The predicted molar refractivity (Wildman–Crippen MR) is 63.1 cm³/mol. The molecule has 0 bridgehead atoms. The first-order valence-corrected chi connectivity index (χ1v) is 5.63. The zero-order valence-corrected chi connectivity index (χ0v) is 10.3. The summed E-state index contributed by atoms with van der Waals surface area (Å²) in [4.78, 5) is 4.30. The van der Waals surface area contributed by atoms with Crippen LogP contribution in [-0.4, -0.2) is 14.8 Å². The number of halogens is 1. The lowest BCUT2D eigenvalue weighted by Gasteiger charge is -2.08. The van der Waals surface area contributed by atoms with Crippen molar-refractivity contribution in [2.45, 2.75) is 19.8 Å². The van der Waals surface area contributed by atoms with Crippen LogP contribution in [0.4, 0.5) is 0 Å². The van der Waals surface area contributed by atoms with Crippen molar-refractivity contribution in [1.29, 1.82) is 0 Å². The van der Waals surface area contributed by atoms with E-state index in [1.165, 1.54) is 5.69 Å². The van der Waals surface area contributed by atoms with Crippen LogP contribution in [0.1, 0.15) is 25.5 Å². The summed E-state index contributed by atoms with van der Waals surface area (Å²) in [5.41, 5.74) is 1.17. The van der Waals surface area contributed by atoms with E-state index in [9.17, 15) is 0 Å². The Morgan fingerprint density at radius 1 is 1.27 bits per heavy atom. The zero-order chi connectivity index (χ0) is 10.8. The normalized spacial score (nSPS) is 10.9. The van der Waals surface area contributed by atoms with Crippen LogP contribution < -0.4 is 0 Å². The minimum Gasteiger partial charge on any atom is -0.237 e. The molecule has 0 unspecified atom stereocenters. The van der Waals surface area contributed by atoms with Crippen LogP contribution in [0.25, 0.3) is 5.82 Å². The van der Waals surface area contributed by atoms with Gasteiger partial charge >= 0.3 is 0 Å². The summed E-state index contributed by atoms with van der Waals surface area (Å²) in [6.45, 7) is 4.29. The zero-order valence-electron chi connectivity index (χ0n) is 8.68. The third-order valence-corrected chi connectivity index (χ3v) is 2.68. The van der Waals surface area contributed by atoms with Crippen molar-refractivity contribution in [2.75, 3.05) is 0 Å². The summed E-state index contributed by atoms with van der Waals surface area (Å²) < 4.78 is 2.88. The molecule has 0 N–H and O–H groups in total. The van der Waals surface area contributed by atoms with Crippen LogP contribution in [0.15, 0.2) is 35.1 Å². The van der Waals surface area contributed by atoms with Gasteiger partial charge in [-0.3, -0.25) is 0 Å². The monoisotopic (exact) mass is 265 g/mol. The highest BCUT2D eigenvalue weighted by Crippen LogP contribution is 2.18. The molecule has 2 aromatic heterocycles. The Morgan fingerprint density at radius 3 is 2.73 bits per heavy atom. The quantitative estimate of drug-likeness (QED) is 0.835. The van der Waals surface area contributed by atoms with Crippen molar-refractivity contribution in [3.8, 4) is 5.82 Å². The molecule has 0 aromatic carbocycles. The van der Waals surface area contributed by atoms with E-state index in [1.54, 1.807) is 12.4 Å². The standard InChI is InChI=1S/C11H12BrN3/c1-8(2)10-4-6-14-15(10)11-7-9(12)3-5-13-11/h3-8H,1-2H3. The van der Waals surface area contributed by atoms with Gasteiger partial charge in [0.25, 0.3) is 0 Å². The highest BCUT2D eigenvalue weighted by atomic mass is 79.9. The molecule has 78 valence electrons. The molecule has 0 aliphatic rings. The molecule has 15 heavy (non-hydrogen) atoms. The average molecular weight is 266 g/mol. The number of hydrogen-bond donors (Lipinski definition) is 0. The van der Waals surface area contributed by atoms with Crippen molar-refractivity contribution >= 4 is 15.9 Å². The van der Waals surface area contributed by atoms with Gasteiger partial charge in [-0.15, -0.1) is 0 Å². The van der Waals surface area contributed by atoms with E-state index in [1.807, 2.05) is 22.9 Å². The number of aromatic nitrogens is 3. The maximum Gasteiger partial charge on any atom is 0.154 e. The van der Waals surface area contributed by atoms with E-state index in [2.05, 4.69) is 39.9 Å². The van der Waals surface area contributed by atoms with E-state index in [0.29, 0.717) is 5.92 Å². The van der Waals surface area contributed by atoms with Crippen LogP contribution in [0.5, 0.6) is 0 Å². The van der Waals surface area contributed by atoms with Gasteiger partial charge in [-0.1, -0.05) is 29.8 Å². The molecule has 2 rings (SSSR count). The second kappa shape index (κ2) is 4.14. The first-order valence-electron chi connectivity index (χ1n) is 4.84. The van der Waals surface area contributed by atoms with Crippen LogP contribution in [0.2, 0.25) is 0 Å². The fourth-order valence-electron chi connectivity index (χ4n) is 1.45. The highest BCUT2D eigenvalue weighted by Gasteiger charge is 2.09. The van der Waals surface area contributed by atoms with Gasteiger partial charge in [-0.2, -0.15) is 5.10 Å². The Hall–Kier alpha value is -1.16. The smallest absolute Gasteiger partial charge is 0.154 e. The minimum atomic E-state index is 0.438. The van der Waals surface area contributed by atoms with Gasteiger partial charge in [0.2, 0.25) is 0 Å². The minimum absolute atomic E-state index is 0.438. The Morgan fingerprint density at radius 2 is 2.07 bits per heavy atom. The fraction of sp³-hybridized carbons (Fsp3) is 0.273. The average Bonchev–Trinajstić information content (AvgIpc) is 2.65. The SMILES string of the molecule is CC(C)c1ccnn1-c1cc(Br)ccn1. The molecule has 4 heteroatoms. The topological polar surface area (TPSA) is 30.7 Å². The number of rotatable bonds is 2. The lowest BCUT2D eigenvalue weighted by Crippen LogP contribution is -2.05. The largest absolute Gasteiger partial charge is 0.237 e. The van der Waals surface area contributed by atoms with E-state index in [0.717, 1.165) is 10.3 Å². The van der Waals surface area contributed by atoms with Crippen LogP contribution in [0, 0.1) is 0 Å². The molecule has 0 saturated heterocycles. The second-order valence-corrected chi connectivity index (χ2v) is 4.57. The molecular formula is C11H12BrN3. The van der Waals surface area contributed by atoms with Crippen LogP contribution >= 0.6 is 15.9 Å². The molecule has 0 aliphatic carbocycles. The fourth-order valence-corrected chi connectivity index (χ4v) is 1.77. The summed E-state index contributed by atoms with van der Waals surface area (Å²) in [5, 5.41) is 4.28. The van der Waals surface area contributed by atoms with Crippen molar-refractivity contribution in [3.63, 3.8) is 0 Å². The lowest BCUT2D eigenvalue weighted by molar-refractivity contribution is 0.721. The third-order valence-electron chi connectivity index (χ3n) is 2.19. The van der Waals surface area contributed by atoms with Gasteiger partial charge in [-0.05, 0) is 24.1 Å². The van der Waals surface area contributed by atoms with Crippen LogP contribution in [0.3, 0.4) is 0 Å². The summed E-state index contributed by atoms with van der Waals surface area (Å²) in [5.74, 6) is 1.28. The molecule has 0 radical (unpaired) electrons. The Kier molecular flexibility index (Phi) is 2.86. The first-order chi connectivity index (χ1) is 7.18. The number of nitrogens with zero attached hydrogens (tertiary/aromatic N) is 3. The van der Waals surface area contributed by atoms with E-state index >= 15 is 0 Å². The van der Waals surface area contributed by atoms with Crippen molar-refractivity contribution in [3.05, 3.63) is 40.8 Å². The highest BCUT2D eigenvalue weighted by molar-refractivity contribution is 9.10. The van der Waals surface area contributed by atoms with Gasteiger partial charge < -0.3 is 0 Å². The molecule has 2 aromatic rings. The Bertz CT molecular complexity index is 462. The van der Waals surface area contributed by atoms with Crippen molar-refractivity contribution in [2.24, 2.45) is 0 Å². The Labute approximate surface area is 97.3 Å². The summed E-state index contributed by atoms with van der Waals surface area (Å²) in [6, 6.07) is 5.88. The van der Waals surface area contributed by atoms with Crippen molar-refractivity contribution < 1.29 is 0 Å². The molecule has 0 saturated carbocycles. The molecule has 0 aliphatic heterocycles. The molecule has 0 atom stereocenters. The molecule has 0 fully saturated rings. The lowest BCUT2D eigenvalue weighted by atomic mass is 10.1. The van der Waals surface area contributed by atoms with Crippen molar-refractivity contribution in [1.82, 2.24) is 14.8 Å². The van der Waals surface area contributed by atoms with Gasteiger partial charge in [-0.25, -0.2) is 9.67 Å². The second-order valence-electron chi connectivity index (χ2n) is 3.65. The van der Waals surface area contributed by atoms with Gasteiger partial charge in [0, 0.05) is 22.6 Å². The van der Waals surface area contributed by atoms with Gasteiger partial charge in [0.1, 0.15) is 0 Å². The van der Waals surface area contributed by atoms with Gasteiger partial charge in [0.05, 0.1) is 0 Å². The van der Waals surface area contributed by atoms with E-state index < -0.39 is 0 Å². The first kappa shape index (κ1) is 10.4. The molecule has 0 amide bonds. The summed E-state index contributed by atoms with van der Waals surface area (Å²) in [7, 11) is 0. The molecule has 3 nitrogen and oxygen atoms in total. The maximum absolute atomic E-state index is 4.30. The summed E-state index contributed by atoms with van der Waals surface area (Å²) >= 11 is 3.43. The molecule has 2 heterocycles.